The highest BCUT2D eigenvalue weighted by molar-refractivity contribution is 9.10. The van der Waals surface area contributed by atoms with Crippen molar-refractivity contribution in [3.63, 3.8) is 0 Å². The van der Waals surface area contributed by atoms with Gasteiger partial charge in [0, 0.05) is 48.0 Å². The zero-order valence-corrected chi connectivity index (χ0v) is 28.2. The van der Waals surface area contributed by atoms with Crippen molar-refractivity contribution in [3.8, 4) is 22.7 Å². The van der Waals surface area contributed by atoms with Gasteiger partial charge in [0.1, 0.15) is 11.4 Å². The number of carbonyl (C=O) groups is 2. The number of aryl methyl sites for hydroxylation is 1. The van der Waals surface area contributed by atoms with Crippen LogP contribution in [0.2, 0.25) is 5.02 Å². The molecule has 0 radical (unpaired) electrons. The van der Waals surface area contributed by atoms with Crippen LogP contribution in [-0.4, -0.2) is 47.5 Å². The predicted octanol–water partition coefficient (Wildman–Crippen LogP) is 5.97. The number of hydrogen-bond acceptors (Lipinski definition) is 5. The number of nitrogens with zero attached hydrogens (tertiary/aromatic N) is 5. The Hall–Kier alpha value is -4.61. The van der Waals surface area contributed by atoms with Crippen molar-refractivity contribution in [1.82, 2.24) is 28.9 Å². The molecule has 3 heterocycles. The Labute approximate surface area is 284 Å². The summed E-state index contributed by atoms with van der Waals surface area (Å²) in [4.78, 5) is 48.2. The first kappa shape index (κ1) is 31.0. The van der Waals surface area contributed by atoms with Crippen LogP contribution in [0, 0.1) is 0 Å². The molecule has 3 aromatic carbocycles. The Bertz CT molecular complexity index is 2060. The lowest BCUT2D eigenvalue weighted by Gasteiger charge is -2.34. The third-order valence-electron chi connectivity index (χ3n) is 8.55. The number of fused-ring (bicyclic) bond motifs is 1. The van der Waals surface area contributed by atoms with Gasteiger partial charge >= 0.3 is 5.69 Å². The van der Waals surface area contributed by atoms with Crippen LogP contribution in [0.1, 0.15) is 51.9 Å². The number of carbonyl (C=O) groups excluding carboxylic acids is 2. The Morgan fingerprint density at radius 2 is 1.85 bits per heavy atom. The Morgan fingerprint density at radius 3 is 2.55 bits per heavy atom. The fourth-order valence-electron chi connectivity index (χ4n) is 5.94. The van der Waals surface area contributed by atoms with Crippen LogP contribution < -0.4 is 15.7 Å². The fourth-order valence-corrected chi connectivity index (χ4v) is 6.37. The molecule has 240 valence electrons. The minimum atomic E-state index is -0.432. The molecule has 0 bridgehead atoms. The molecule has 2 aliphatic rings. The molecule has 2 amide bonds. The molecule has 1 aliphatic heterocycles. The molecular formula is C35H32BrClN6O4. The summed E-state index contributed by atoms with van der Waals surface area (Å²) in [7, 11) is 1.90. The lowest BCUT2D eigenvalue weighted by Crippen LogP contribution is -2.47. The molecule has 1 N–H and O–H groups in total. The van der Waals surface area contributed by atoms with Crippen molar-refractivity contribution in [1.29, 1.82) is 0 Å². The van der Waals surface area contributed by atoms with Crippen LogP contribution in [0.4, 0.5) is 0 Å². The summed E-state index contributed by atoms with van der Waals surface area (Å²) >= 11 is 9.70. The van der Waals surface area contributed by atoms with E-state index in [-0.39, 0.29) is 49.1 Å². The lowest BCUT2D eigenvalue weighted by molar-refractivity contribution is 0.0610. The zero-order valence-electron chi connectivity index (χ0n) is 25.8. The fraction of sp³-hybridized carbons (Fsp3) is 0.257. The van der Waals surface area contributed by atoms with E-state index in [0.717, 1.165) is 29.7 Å². The molecule has 0 saturated heterocycles. The third kappa shape index (κ3) is 6.13. The quantitative estimate of drug-likeness (QED) is 0.213. The number of nitrogens with one attached hydrogen (secondary N) is 1. The molecule has 1 saturated carbocycles. The van der Waals surface area contributed by atoms with Gasteiger partial charge in [0.2, 0.25) is 0 Å². The molecule has 1 fully saturated rings. The van der Waals surface area contributed by atoms with Crippen LogP contribution in [0.15, 0.2) is 88.5 Å². The first-order valence-electron chi connectivity index (χ1n) is 15.4. The van der Waals surface area contributed by atoms with E-state index < -0.39 is 5.91 Å². The highest BCUT2D eigenvalue weighted by Crippen LogP contribution is 2.30. The monoisotopic (exact) mass is 714 g/mol. The second-order valence-electron chi connectivity index (χ2n) is 12.0. The molecule has 0 spiro atoms. The number of benzene rings is 3. The van der Waals surface area contributed by atoms with E-state index >= 15 is 0 Å². The van der Waals surface area contributed by atoms with E-state index in [2.05, 4.69) is 26.2 Å². The number of rotatable bonds is 8. The average Bonchev–Trinajstić information content (AvgIpc) is 3.71. The van der Waals surface area contributed by atoms with Crippen molar-refractivity contribution >= 4 is 39.3 Å². The molecule has 10 nitrogen and oxygen atoms in total. The Balaban J connectivity index is 1.26. The molecule has 1 aliphatic carbocycles. The number of hydrogen-bond donors (Lipinski definition) is 1. The molecule has 12 heteroatoms. The smallest absolute Gasteiger partial charge is 0.333 e. The van der Waals surface area contributed by atoms with Crippen molar-refractivity contribution in [2.75, 3.05) is 0 Å². The van der Waals surface area contributed by atoms with Gasteiger partial charge in [-0.1, -0.05) is 35.9 Å². The van der Waals surface area contributed by atoms with Gasteiger partial charge in [-0.2, -0.15) is 0 Å². The van der Waals surface area contributed by atoms with E-state index in [1.807, 2.05) is 61.1 Å². The summed E-state index contributed by atoms with van der Waals surface area (Å²) in [5, 5.41) is 3.47. The number of aromatic nitrogens is 4. The first-order chi connectivity index (χ1) is 22.7. The van der Waals surface area contributed by atoms with E-state index in [0.29, 0.717) is 32.2 Å². The maximum atomic E-state index is 14.2. The molecule has 2 aromatic heterocycles. The van der Waals surface area contributed by atoms with Crippen LogP contribution in [0.3, 0.4) is 0 Å². The van der Waals surface area contributed by atoms with E-state index in [1.165, 1.54) is 4.57 Å². The highest BCUT2D eigenvalue weighted by atomic mass is 79.9. The second-order valence-corrected chi connectivity index (χ2v) is 13.3. The van der Waals surface area contributed by atoms with E-state index in [1.54, 1.807) is 46.1 Å². The molecule has 47 heavy (non-hydrogen) atoms. The van der Waals surface area contributed by atoms with E-state index in [4.69, 9.17) is 16.3 Å². The molecule has 7 rings (SSSR count). The van der Waals surface area contributed by atoms with Crippen molar-refractivity contribution in [2.45, 2.75) is 51.5 Å². The van der Waals surface area contributed by atoms with Gasteiger partial charge in [0.25, 0.3) is 11.8 Å². The molecular weight excluding hydrogens is 684 g/mol. The topological polar surface area (TPSA) is 103 Å². The maximum Gasteiger partial charge on any atom is 0.333 e. The van der Waals surface area contributed by atoms with Gasteiger partial charge in [0.15, 0.2) is 0 Å². The minimum absolute atomic E-state index is 0.0616. The molecule has 1 unspecified atom stereocenters. The van der Waals surface area contributed by atoms with E-state index in [9.17, 15) is 14.4 Å². The average molecular weight is 716 g/mol. The molecule has 1 atom stereocenters. The molecule has 5 aromatic rings. The van der Waals surface area contributed by atoms with Crippen LogP contribution >= 0.6 is 27.5 Å². The number of halogens is 2. The summed E-state index contributed by atoms with van der Waals surface area (Å²) < 4.78 is 11.5. The zero-order chi connectivity index (χ0) is 32.8. The van der Waals surface area contributed by atoms with Gasteiger partial charge in [-0.25, -0.2) is 9.78 Å². The van der Waals surface area contributed by atoms with Crippen LogP contribution in [0.5, 0.6) is 5.75 Å². The summed E-state index contributed by atoms with van der Waals surface area (Å²) in [6, 6.07) is 19.7. The van der Waals surface area contributed by atoms with Crippen LogP contribution in [0.25, 0.3) is 16.9 Å². The summed E-state index contributed by atoms with van der Waals surface area (Å²) in [6.07, 6.45) is 5.94. The SMILES string of the molecule is CC1Cn2c(c(C(=O)NCc3ccccc3-c3cn(C)cn3)n(-c3ccc(OC4CC4)cc3)c2=O)CN1C(=O)c1ccc(Br)c(Cl)c1. The number of ether oxygens (including phenoxy) is 1. The van der Waals surface area contributed by atoms with Gasteiger partial charge in [-0.15, -0.1) is 0 Å². The minimum Gasteiger partial charge on any atom is -0.490 e. The maximum absolute atomic E-state index is 14.2. The summed E-state index contributed by atoms with van der Waals surface area (Å²) in [6.45, 7) is 2.38. The van der Waals surface area contributed by atoms with Crippen LogP contribution in [-0.2, 0) is 26.7 Å². The summed E-state index contributed by atoms with van der Waals surface area (Å²) in [5.74, 6) is 0.0400. The highest BCUT2D eigenvalue weighted by Gasteiger charge is 2.35. The number of imidazole rings is 2. The lowest BCUT2D eigenvalue weighted by atomic mass is 10.0. The van der Waals surface area contributed by atoms with Gasteiger partial charge in [0.05, 0.1) is 41.1 Å². The van der Waals surface area contributed by atoms with Gasteiger partial charge in [-0.05, 0) is 83.7 Å². The Morgan fingerprint density at radius 1 is 1.09 bits per heavy atom. The van der Waals surface area contributed by atoms with Gasteiger partial charge < -0.3 is 19.5 Å². The Kier molecular flexibility index (Phi) is 8.27. The largest absolute Gasteiger partial charge is 0.490 e. The number of amides is 2. The van der Waals surface area contributed by atoms with Crippen molar-refractivity contribution in [2.24, 2.45) is 7.05 Å². The van der Waals surface area contributed by atoms with Gasteiger partial charge in [-0.3, -0.25) is 18.7 Å². The standard InChI is InChI=1S/C35H32BrClN6O4/c1-21-17-42-31(19-41(21)34(45)22-7-14-28(36)29(37)15-22)32(43(35(42)46)24-8-10-25(11-9-24)47-26-12-13-26)33(44)38-16-23-5-3-4-6-27(23)30-18-40(2)20-39-30/h3-11,14-15,18,20-21,26H,12-13,16-17,19H2,1-2H3,(H,38,44). The first-order valence-corrected chi connectivity index (χ1v) is 16.6. The van der Waals surface area contributed by atoms with Crippen molar-refractivity contribution < 1.29 is 14.3 Å². The second kappa shape index (κ2) is 12.5. The normalized spacial score (nSPS) is 15.7. The third-order valence-corrected chi connectivity index (χ3v) is 9.78. The van der Waals surface area contributed by atoms with Crippen molar-refractivity contribution in [3.05, 3.63) is 122 Å². The predicted molar refractivity (Wildman–Crippen MR) is 182 cm³/mol. The summed E-state index contributed by atoms with van der Waals surface area (Å²) in [5.41, 5.74) is 3.81.